The highest BCUT2D eigenvalue weighted by molar-refractivity contribution is 7.17. The van der Waals surface area contributed by atoms with Gasteiger partial charge in [-0.3, -0.25) is 4.79 Å². The van der Waals surface area contributed by atoms with Gasteiger partial charge in [0, 0.05) is 19.6 Å². The number of hydrogen-bond donors (Lipinski definition) is 0. The van der Waals surface area contributed by atoms with Gasteiger partial charge in [0.05, 0.1) is 10.2 Å². The number of ether oxygens (including phenoxy) is 2. The third-order valence-electron chi connectivity index (χ3n) is 6.88. The van der Waals surface area contributed by atoms with E-state index in [0.29, 0.717) is 19.0 Å². The molecule has 1 aliphatic heterocycles. The molecule has 1 amide bonds. The number of amides is 1. The fraction of sp³-hybridized carbons (Fsp3) is 0.276. The average molecular weight is 485 g/mol. The van der Waals surface area contributed by atoms with Crippen LogP contribution in [-0.2, 0) is 13.1 Å². The van der Waals surface area contributed by atoms with Gasteiger partial charge in [-0.15, -0.1) is 11.3 Å². The first-order chi connectivity index (χ1) is 17.2. The minimum absolute atomic E-state index is 0.0801. The highest BCUT2D eigenvalue weighted by Gasteiger charge is 2.26. The van der Waals surface area contributed by atoms with Crippen molar-refractivity contribution in [1.82, 2.24) is 9.47 Å². The third-order valence-corrected chi connectivity index (χ3v) is 7.73. The number of carbonyl (C=O) groups is 1. The quantitative estimate of drug-likeness (QED) is 0.282. The zero-order valence-corrected chi connectivity index (χ0v) is 20.4. The molecule has 0 spiro atoms. The van der Waals surface area contributed by atoms with Crippen LogP contribution < -0.4 is 9.47 Å². The summed E-state index contributed by atoms with van der Waals surface area (Å²) in [6.07, 6.45) is 7.72. The molecule has 1 atom stereocenters. The van der Waals surface area contributed by atoms with E-state index in [2.05, 4.69) is 46.4 Å². The molecule has 0 saturated heterocycles. The van der Waals surface area contributed by atoms with Gasteiger partial charge >= 0.3 is 0 Å². The van der Waals surface area contributed by atoms with Gasteiger partial charge in [0.25, 0.3) is 5.91 Å². The van der Waals surface area contributed by atoms with Crippen LogP contribution in [0.1, 0.15) is 40.9 Å². The van der Waals surface area contributed by atoms with Crippen molar-refractivity contribution in [2.24, 2.45) is 5.92 Å². The Balaban J connectivity index is 1.34. The van der Waals surface area contributed by atoms with Crippen molar-refractivity contribution in [2.75, 3.05) is 13.3 Å². The summed E-state index contributed by atoms with van der Waals surface area (Å²) < 4.78 is 14.4. The standard InChI is InChI=1S/C29H28N2O3S/c32-29(25-16-28-24(13-14-35-28)31(25)19-22-9-5-2-6-10-22)30(17-21-7-3-1-4-8-21)18-23-11-12-26-27(15-23)34-20-33-26/h1-3,5-6,9-16,21H,4,7-8,17-20H2/t21-/m1/s1. The summed E-state index contributed by atoms with van der Waals surface area (Å²) in [5.74, 6) is 2.07. The van der Waals surface area contributed by atoms with Crippen molar-refractivity contribution < 1.29 is 14.3 Å². The Labute approximate surface area is 209 Å². The number of aromatic nitrogens is 1. The van der Waals surface area contributed by atoms with Crippen molar-refractivity contribution >= 4 is 27.5 Å². The lowest BCUT2D eigenvalue weighted by Crippen LogP contribution is -2.36. The van der Waals surface area contributed by atoms with Gasteiger partial charge in [0.1, 0.15) is 5.69 Å². The SMILES string of the molecule is O=C(c1cc2sccc2n1Cc1ccccc1)N(Cc1ccc2c(c1)OCO2)C[C@@H]1CC=CCC1. The van der Waals surface area contributed by atoms with Gasteiger partial charge in [-0.25, -0.2) is 0 Å². The van der Waals surface area contributed by atoms with Crippen molar-refractivity contribution in [3.63, 3.8) is 0 Å². The van der Waals surface area contributed by atoms with Crippen LogP contribution in [0.2, 0.25) is 0 Å². The minimum Gasteiger partial charge on any atom is -0.454 e. The Hall–Kier alpha value is -3.51. The highest BCUT2D eigenvalue weighted by atomic mass is 32.1. The van der Waals surface area contributed by atoms with Crippen molar-refractivity contribution in [3.05, 3.63) is 95.0 Å². The molecule has 0 fully saturated rings. The average Bonchev–Trinajstić information content (AvgIpc) is 3.62. The summed E-state index contributed by atoms with van der Waals surface area (Å²) in [6, 6.07) is 20.5. The Bertz CT molecular complexity index is 1370. The van der Waals surface area contributed by atoms with Gasteiger partial charge in [-0.05, 0) is 66.0 Å². The number of benzene rings is 2. The Morgan fingerprint density at radius 3 is 2.74 bits per heavy atom. The van der Waals surface area contributed by atoms with E-state index in [1.165, 1.54) is 5.56 Å². The maximum Gasteiger partial charge on any atom is 0.270 e. The monoisotopic (exact) mass is 484 g/mol. The first-order valence-corrected chi connectivity index (χ1v) is 13.1. The first kappa shape index (κ1) is 22.0. The predicted molar refractivity (Wildman–Crippen MR) is 139 cm³/mol. The summed E-state index contributed by atoms with van der Waals surface area (Å²) in [6.45, 7) is 2.20. The van der Waals surface area contributed by atoms with Gasteiger partial charge in [0.2, 0.25) is 6.79 Å². The number of nitrogens with zero attached hydrogens (tertiary/aromatic N) is 2. The van der Waals surface area contributed by atoms with E-state index in [4.69, 9.17) is 9.47 Å². The number of thiophene rings is 1. The molecule has 1 aliphatic carbocycles. The molecule has 2 aliphatic rings. The van der Waals surface area contributed by atoms with Crippen LogP contribution in [0.4, 0.5) is 0 Å². The molecule has 6 rings (SSSR count). The number of hydrogen-bond acceptors (Lipinski definition) is 4. The number of rotatable bonds is 7. The largest absolute Gasteiger partial charge is 0.454 e. The van der Waals surface area contributed by atoms with Gasteiger partial charge in [-0.1, -0.05) is 48.6 Å². The first-order valence-electron chi connectivity index (χ1n) is 12.2. The molecule has 3 heterocycles. The minimum atomic E-state index is 0.0801. The van der Waals surface area contributed by atoms with Crippen LogP contribution in [0.5, 0.6) is 11.5 Å². The topological polar surface area (TPSA) is 43.7 Å². The summed E-state index contributed by atoms with van der Waals surface area (Å²) in [5, 5.41) is 2.10. The van der Waals surface area contributed by atoms with Crippen LogP contribution in [0.15, 0.2) is 78.2 Å². The number of fused-ring (bicyclic) bond motifs is 2. The van der Waals surface area contributed by atoms with Crippen LogP contribution >= 0.6 is 11.3 Å². The molecular weight excluding hydrogens is 456 g/mol. The number of carbonyl (C=O) groups excluding carboxylic acids is 1. The summed E-state index contributed by atoms with van der Waals surface area (Å²) >= 11 is 1.68. The fourth-order valence-electron chi connectivity index (χ4n) is 5.07. The zero-order valence-electron chi connectivity index (χ0n) is 19.6. The van der Waals surface area contributed by atoms with E-state index in [9.17, 15) is 4.79 Å². The second-order valence-corrected chi connectivity index (χ2v) is 10.2. The molecule has 0 unspecified atom stereocenters. The van der Waals surface area contributed by atoms with Crippen molar-refractivity contribution in [3.8, 4) is 11.5 Å². The molecule has 0 saturated carbocycles. The molecule has 35 heavy (non-hydrogen) atoms. The van der Waals surface area contributed by atoms with Crippen LogP contribution in [0, 0.1) is 5.92 Å². The Morgan fingerprint density at radius 1 is 1.00 bits per heavy atom. The molecule has 178 valence electrons. The van der Waals surface area contributed by atoms with Gasteiger partial charge in [0.15, 0.2) is 11.5 Å². The van der Waals surface area contributed by atoms with Crippen molar-refractivity contribution in [2.45, 2.75) is 32.4 Å². The second kappa shape index (κ2) is 9.62. The maximum atomic E-state index is 14.2. The van der Waals surface area contributed by atoms with Crippen LogP contribution in [0.25, 0.3) is 10.2 Å². The van der Waals surface area contributed by atoms with E-state index in [0.717, 1.165) is 58.8 Å². The molecule has 2 aromatic heterocycles. The maximum absolute atomic E-state index is 14.2. The molecule has 0 N–H and O–H groups in total. The van der Waals surface area contributed by atoms with Crippen LogP contribution in [-0.4, -0.2) is 28.7 Å². The zero-order chi connectivity index (χ0) is 23.6. The second-order valence-electron chi connectivity index (χ2n) is 9.30. The molecule has 0 radical (unpaired) electrons. The lowest BCUT2D eigenvalue weighted by atomic mass is 9.93. The van der Waals surface area contributed by atoms with E-state index >= 15 is 0 Å². The lowest BCUT2D eigenvalue weighted by Gasteiger charge is -2.29. The highest BCUT2D eigenvalue weighted by Crippen LogP contribution is 2.34. The molecule has 6 heteroatoms. The van der Waals surface area contributed by atoms with Gasteiger partial charge in [-0.2, -0.15) is 0 Å². The van der Waals surface area contributed by atoms with E-state index in [-0.39, 0.29) is 12.7 Å². The summed E-state index contributed by atoms with van der Waals surface area (Å²) in [5.41, 5.74) is 4.11. The Morgan fingerprint density at radius 2 is 1.89 bits per heavy atom. The third kappa shape index (κ3) is 4.58. The Kier molecular flexibility index (Phi) is 6.05. The molecular formula is C29H28N2O3S. The smallest absolute Gasteiger partial charge is 0.270 e. The van der Waals surface area contributed by atoms with E-state index in [1.807, 2.05) is 41.3 Å². The molecule has 5 nitrogen and oxygen atoms in total. The summed E-state index contributed by atoms with van der Waals surface area (Å²) in [7, 11) is 0. The predicted octanol–water partition coefficient (Wildman–Crippen LogP) is 6.48. The van der Waals surface area contributed by atoms with Crippen LogP contribution in [0.3, 0.4) is 0 Å². The van der Waals surface area contributed by atoms with Gasteiger partial charge < -0.3 is 18.9 Å². The lowest BCUT2D eigenvalue weighted by molar-refractivity contribution is 0.0700. The fourth-order valence-corrected chi connectivity index (χ4v) is 5.89. The molecule has 0 bridgehead atoms. The molecule has 2 aromatic carbocycles. The van der Waals surface area contributed by atoms with Crippen molar-refractivity contribution in [1.29, 1.82) is 0 Å². The van der Waals surface area contributed by atoms with E-state index < -0.39 is 0 Å². The summed E-state index contributed by atoms with van der Waals surface area (Å²) in [4.78, 5) is 16.2. The molecule has 4 aromatic rings. The normalized spacial score (nSPS) is 16.6. The van der Waals surface area contributed by atoms with E-state index in [1.54, 1.807) is 11.3 Å². The number of allylic oxidation sites excluding steroid dienone is 2.